The van der Waals surface area contributed by atoms with Gasteiger partial charge in [0.2, 0.25) is 0 Å². The zero-order chi connectivity index (χ0) is 14.2. The highest BCUT2D eigenvalue weighted by atomic mass is 35.5. The molecule has 8 heteroatoms. The fourth-order valence-corrected chi connectivity index (χ4v) is 2.02. The molecule has 1 heterocycles. The molecular weight excluding hydrogens is 311 g/mol. The Kier molecular flexibility index (Phi) is 3.75. The summed E-state index contributed by atoms with van der Waals surface area (Å²) in [7, 11) is 0. The van der Waals surface area contributed by atoms with E-state index >= 15 is 0 Å². The summed E-state index contributed by atoms with van der Waals surface area (Å²) in [5, 5.41) is 9.47. The number of aromatic carboxylic acids is 1. The molecule has 19 heavy (non-hydrogen) atoms. The Balaban J connectivity index is 2.78. The lowest BCUT2D eigenvalue weighted by Crippen LogP contribution is -2.26. The number of carboxylic acids is 1. The minimum absolute atomic E-state index is 0.0633. The number of hydrogen-bond donors (Lipinski definition) is 2. The first-order valence-corrected chi connectivity index (χ1v) is 6.11. The van der Waals surface area contributed by atoms with Crippen LogP contribution in [0.1, 0.15) is 10.4 Å². The van der Waals surface area contributed by atoms with Crippen molar-refractivity contribution >= 4 is 41.4 Å². The van der Waals surface area contributed by atoms with E-state index in [1.807, 2.05) is 0 Å². The second-order valence-corrected chi connectivity index (χ2v) is 4.75. The number of carbonyl (C=O) groups is 1. The van der Waals surface area contributed by atoms with Crippen LogP contribution in [0.3, 0.4) is 0 Å². The van der Waals surface area contributed by atoms with Crippen LogP contribution in [0.15, 0.2) is 29.2 Å². The van der Waals surface area contributed by atoms with E-state index in [0.29, 0.717) is 10.7 Å². The van der Waals surface area contributed by atoms with Crippen LogP contribution < -0.4 is 5.56 Å². The number of hydrogen-bond acceptors (Lipinski definition) is 3. The van der Waals surface area contributed by atoms with Crippen LogP contribution in [0.5, 0.6) is 0 Å². The number of nitrogens with one attached hydrogen (secondary N) is 1. The fraction of sp³-hybridized carbons (Fsp3) is 0. The van der Waals surface area contributed by atoms with Gasteiger partial charge in [-0.15, -0.1) is 0 Å². The monoisotopic (exact) mass is 316 g/mol. The second kappa shape index (κ2) is 5.16. The van der Waals surface area contributed by atoms with Gasteiger partial charge in [0.1, 0.15) is 5.56 Å². The van der Waals surface area contributed by atoms with E-state index in [4.69, 9.17) is 40.5 Å². The largest absolute Gasteiger partial charge is 0.477 e. The van der Waals surface area contributed by atoms with Gasteiger partial charge in [-0.1, -0.05) is 23.2 Å². The fourth-order valence-electron chi connectivity index (χ4n) is 1.48. The lowest BCUT2D eigenvalue weighted by molar-refractivity contribution is 0.0694. The molecule has 0 atom stereocenters. The van der Waals surface area contributed by atoms with Crippen molar-refractivity contribution in [3.63, 3.8) is 0 Å². The maximum absolute atomic E-state index is 12.0. The van der Waals surface area contributed by atoms with Crippen LogP contribution >= 0.6 is 35.4 Å². The molecular formula is C11H6Cl2N2O3S. The standard InChI is InChI=1S/C11H6Cl2N2O3S/c12-7-2-1-5(3-8(7)13)15-9(16)6(10(17)18)4-14-11(15)19/h1-4H,(H,14,19)(H,17,18). The quantitative estimate of drug-likeness (QED) is 0.835. The van der Waals surface area contributed by atoms with Gasteiger partial charge >= 0.3 is 5.97 Å². The van der Waals surface area contributed by atoms with Crippen LogP contribution in [-0.4, -0.2) is 20.6 Å². The van der Waals surface area contributed by atoms with E-state index in [-0.39, 0.29) is 9.79 Å². The molecule has 0 aliphatic heterocycles. The first-order valence-electron chi connectivity index (χ1n) is 4.95. The molecule has 0 saturated heterocycles. The van der Waals surface area contributed by atoms with Crippen molar-refractivity contribution < 1.29 is 9.90 Å². The summed E-state index contributed by atoms with van der Waals surface area (Å²) >= 11 is 16.6. The van der Waals surface area contributed by atoms with E-state index in [9.17, 15) is 9.59 Å². The molecule has 2 N–H and O–H groups in total. The topological polar surface area (TPSA) is 75.1 Å². The van der Waals surface area contributed by atoms with E-state index in [2.05, 4.69) is 4.98 Å². The molecule has 0 radical (unpaired) electrons. The van der Waals surface area contributed by atoms with Crippen LogP contribution in [0, 0.1) is 4.77 Å². The minimum Gasteiger partial charge on any atom is -0.477 e. The van der Waals surface area contributed by atoms with Gasteiger partial charge < -0.3 is 10.1 Å². The van der Waals surface area contributed by atoms with E-state index in [1.54, 1.807) is 0 Å². The average molecular weight is 317 g/mol. The summed E-state index contributed by atoms with van der Waals surface area (Å²) in [5.74, 6) is -1.34. The molecule has 5 nitrogen and oxygen atoms in total. The average Bonchev–Trinajstić information content (AvgIpc) is 2.33. The summed E-state index contributed by atoms with van der Waals surface area (Å²) < 4.78 is 1.11. The molecule has 0 aliphatic carbocycles. The highest BCUT2D eigenvalue weighted by Gasteiger charge is 2.13. The molecule has 0 bridgehead atoms. The molecule has 0 spiro atoms. The summed E-state index contributed by atoms with van der Waals surface area (Å²) in [6, 6.07) is 4.44. The SMILES string of the molecule is O=C(O)c1c[nH]c(=S)n(-c2ccc(Cl)c(Cl)c2)c1=O. The molecule has 2 aromatic rings. The summed E-state index contributed by atoms with van der Waals surface area (Å²) in [6.45, 7) is 0. The van der Waals surface area contributed by atoms with Gasteiger partial charge in [-0.3, -0.25) is 9.36 Å². The highest BCUT2D eigenvalue weighted by molar-refractivity contribution is 7.71. The molecule has 2 rings (SSSR count). The summed E-state index contributed by atoms with van der Waals surface area (Å²) in [5.41, 5.74) is -0.821. The van der Waals surface area contributed by atoms with Gasteiger partial charge in [-0.2, -0.15) is 0 Å². The van der Waals surface area contributed by atoms with Crippen LogP contribution in [-0.2, 0) is 0 Å². The number of rotatable bonds is 2. The summed E-state index contributed by atoms with van der Waals surface area (Å²) in [4.78, 5) is 25.5. The van der Waals surface area contributed by atoms with Crippen molar-refractivity contribution in [2.75, 3.05) is 0 Å². The van der Waals surface area contributed by atoms with Crippen molar-refractivity contribution in [1.29, 1.82) is 0 Å². The Morgan fingerprint density at radius 2 is 2.00 bits per heavy atom. The van der Waals surface area contributed by atoms with Gasteiger partial charge in [0.25, 0.3) is 5.56 Å². The van der Waals surface area contributed by atoms with Gasteiger partial charge in [0.15, 0.2) is 4.77 Å². The number of carboxylic acid groups (broad SMARTS) is 1. The molecule has 0 saturated carbocycles. The molecule has 98 valence electrons. The molecule has 0 fully saturated rings. The van der Waals surface area contributed by atoms with Crippen molar-refractivity contribution in [2.24, 2.45) is 0 Å². The zero-order valence-corrected chi connectivity index (χ0v) is 11.5. The zero-order valence-electron chi connectivity index (χ0n) is 9.18. The molecule has 0 unspecified atom stereocenters. The number of halogens is 2. The van der Waals surface area contributed by atoms with E-state index in [1.165, 1.54) is 18.2 Å². The highest BCUT2D eigenvalue weighted by Crippen LogP contribution is 2.23. The normalized spacial score (nSPS) is 10.4. The Labute approximate surface area is 122 Å². The predicted octanol–water partition coefficient (Wildman–Crippen LogP) is 2.90. The van der Waals surface area contributed by atoms with Gasteiger partial charge in [0.05, 0.1) is 15.7 Å². The maximum atomic E-state index is 12.0. The Morgan fingerprint density at radius 1 is 1.32 bits per heavy atom. The Morgan fingerprint density at radius 3 is 2.58 bits per heavy atom. The first-order chi connectivity index (χ1) is 8.91. The second-order valence-electron chi connectivity index (χ2n) is 3.55. The smallest absolute Gasteiger partial charge is 0.342 e. The number of aromatic amines is 1. The number of aromatic nitrogens is 2. The summed E-state index contributed by atoms with van der Waals surface area (Å²) in [6.07, 6.45) is 1.06. The third kappa shape index (κ3) is 2.56. The predicted molar refractivity (Wildman–Crippen MR) is 74.2 cm³/mol. The van der Waals surface area contributed by atoms with E-state index < -0.39 is 17.1 Å². The molecule has 1 aromatic heterocycles. The molecule has 0 amide bonds. The maximum Gasteiger partial charge on any atom is 0.342 e. The first kappa shape index (κ1) is 13.8. The minimum atomic E-state index is -1.34. The number of nitrogens with zero attached hydrogens (tertiary/aromatic N) is 1. The molecule has 1 aromatic carbocycles. The van der Waals surface area contributed by atoms with E-state index in [0.717, 1.165) is 10.8 Å². The van der Waals surface area contributed by atoms with Crippen molar-refractivity contribution in [2.45, 2.75) is 0 Å². The number of H-pyrrole nitrogens is 1. The van der Waals surface area contributed by atoms with Crippen LogP contribution in [0.4, 0.5) is 0 Å². The van der Waals surface area contributed by atoms with Crippen molar-refractivity contribution in [3.8, 4) is 5.69 Å². The van der Waals surface area contributed by atoms with Crippen LogP contribution in [0.25, 0.3) is 5.69 Å². The third-order valence-corrected chi connectivity index (χ3v) is 3.41. The Bertz CT molecular complexity index is 782. The van der Waals surface area contributed by atoms with Gasteiger partial charge in [0, 0.05) is 6.20 Å². The van der Waals surface area contributed by atoms with Crippen LogP contribution in [0.2, 0.25) is 10.0 Å². The van der Waals surface area contributed by atoms with Gasteiger partial charge in [-0.05, 0) is 30.4 Å². The van der Waals surface area contributed by atoms with Crippen molar-refractivity contribution in [1.82, 2.24) is 9.55 Å². The number of benzene rings is 1. The lowest BCUT2D eigenvalue weighted by atomic mass is 10.3. The lowest BCUT2D eigenvalue weighted by Gasteiger charge is -2.07. The molecule has 0 aliphatic rings. The van der Waals surface area contributed by atoms with Gasteiger partial charge in [-0.25, -0.2) is 4.79 Å². The Hall–Kier alpha value is -1.63. The van der Waals surface area contributed by atoms with Crippen molar-refractivity contribution in [3.05, 3.63) is 55.1 Å². The third-order valence-electron chi connectivity index (χ3n) is 2.37.